The molecule has 0 atom stereocenters. The van der Waals surface area contributed by atoms with Crippen LogP contribution in [-0.4, -0.2) is 9.55 Å². The van der Waals surface area contributed by atoms with Crippen LogP contribution in [0.5, 0.6) is 0 Å². The van der Waals surface area contributed by atoms with E-state index < -0.39 is 0 Å². The van der Waals surface area contributed by atoms with Gasteiger partial charge in [0.25, 0.3) is 0 Å². The van der Waals surface area contributed by atoms with Gasteiger partial charge in [-0.15, -0.1) is 0 Å². The van der Waals surface area contributed by atoms with Crippen molar-refractivity contribution in [2.24, 2.45) is 0 Å². The topological polar surface area (TPSA) is 17.8 Å². The molecule has 0 saturated heterocycles. The third kappa shape index (κ3) is 3.08. The normalized spacial score (nSPS) is 10.9. The van der Waals surface area contributed by atoms with Crippen LogP contribution in [0.25, 0.3) is 33.9 Å². The third-order valence-corrected chi connectivity index (χ3v) is 5.08. The van der Waals surface area contributed by atoms with E-state index in [0.29, 0.717) is 0 Å². The Balaban J connectivity index is 2.07. The van der Waals surface area contributed by atoms with Crippen LogP contribution in [0.1, 0.15) is 18.1 Å². The molecule has 0 radical (unpaired) electrons. The molecule has 0 spiro atoms. The second-order valence-electron chi connectivity index (χ2n) is 6.88. The minimum Gasteiger partial charge on any atom is -0.324 e. The molecule has 0 bridgehead atoms. The minimum absolute atomic E-state index is 0.868. The Morgan fingerprint density at radius 3 is 1.81 bits per heavy atom. The highest BCUT2D eigenvalue weighted by Crippen LogP contribution is 2.37. The summed E-state index contributed by atoms with van der Waals surface area (Å²) in [7, 11) is 0. The van der Waals surface area contributed by atoms with Gasteiger partial charge in [-0.1, -0.05) is 78.9 Å². The highest BCUT2D eigenvalue weighted by atomic mass is 15.1. The average Bonchev–Trinajstić information content (AvgIpc) is 3.08. The van der Waals surface area contributed by atoms with Crippen molar-refractivity contribution in [1.82, 2.24) is 9.55 Å². The molecule has 27 heavy (non-hydrogen) atoms. The lowest BCUT2D eigenvalue weighted by Crippen LogP contribution is -2.02. The molecule has 1 aromatic heterocycles. The third-order valence-electron chi connectivity index (χ3n) is 5.08. The van der Waals surface area contributed by atoms with Crippen LogP contribution < -0.4 is 0 Å². The van der Waals surface area contributed by atoms with Crippen molar-refractivity contribution in [3.8, 4) is 33.9 Å². The Hall–Kier alpha value is -3.13. The molecule has 2 nitrogen and oxygen atoms in total. The quantitative estimate of drug-likeness (QED) is 0.409. The smallest absolute Gasteiger partial charge is 0.141 e. The fraction of sp³-hybridized carbons (Fsp3) is 0.160. The largest absolute Gasteiger partial charge is 0.324 e. The lowest BCUT2D eigenvalue weighted by molar-refractivity contribution is 0.777. The maximum atomic E-state index is 5.18. The molecular weight excluding hydrogens is 328 g/mol. The summed E-state index contributed by atoms with van der Waals surface area (Å²) in [5, 5.41) is 0. The lowest BCUT2D eigenvalue weighted by Gasteiger charge is -2.14. The SMILES string of the molecule is CCn1c(-c2c(C)cccc2C)nc(-c2ccccc2)c1-c1ccccc1. The predicted molar refractivity (Wildman–Crippen MR) is 114 cm³/mol. The Kier molecular flexibility index (Phi) is 4.64. The average molecular weight is 352 g/mol. The number of aryl methyl sites for hydroxylation is 2. The van der Waals surface area contributed by atoms with Crippen LogP contribution in [-0.2, 0) is 6.54 Å². The fourth-order valence-electron chi connectivity index (χ4n) is 3.80. The molecule has 4 rings (SSSR count). The van der Waals surface area contributed by atoms with E-state index >= 15 is 0 Å². The van der Waals surface area contributed by atoms with E-state index in [1.165, 1.54) is 27.9 Å². The molecule has 0 N–H and O–H groups in total. The minimum atomic E-state index is 0.868. The van der Waals surface area contributed by atoms with Gasteiger partial charge < -0.3 is 4.57 Å². The molecule has 0 aliphatic heterocycles. The summed E-state index contributed by atoms with van der Waals surface area (Å²) in [5.74, 6) is 1.05. The first-order valence-electron chi connectivity index (χ1n) is 9.48. The Morgan fingerprint density at radius 1 is 0.704 bits per heavy atom. The van der Waals surface area contributed by atoms with Gasteiger partial charge in [-0.25, -0.2) is 4.98 Å². The molecule has 1 heterocycles. The second-order valence-corrected chi connectivity index (χ2v) is 6.88. The van der Waals surface area contributed by atoms with Gasteiger partial charge in [0.2, 0.25) is 0 Å². The van der Waals surface area contributed by atoms with E-state index in [1.54, 1.807) is 0 Å². The molecule has 2 heteroatoms. The number of imidazole rings is 1. The summed E-state index contributed by atoms with van der Waals surface area (Å²) in [6.45, 7) is 7.40. The van der Waals surface area contributed by atoms with Gasteiger partial charge in [0, 0.05) is 23.2 Å². The molecule has 0 aliphatic rings. The molecule has 4 aromatic rings. The summed E-state index contributed by atoms with van der Waals surface area (Å²) in [5.41, 5.74) is 8.32. The van der Waals surface area contributed by atoms with E-state index in [1.807, 2.05) is 0 Å². The van der Waals surface area contributed by atoms with Crippen LogP contribution in [0.2, 0.25) is 0 Å². The summed E-state index contributed by atoms with van der Waals surface area (Å²) >= 11 is 0. The number of hydrogen-bond acceptors (Lipinski definition) is 1. The van der Waals surface area contributed by atoms with Crippen molar-refractivity contribution in [2.75, 3.05) is 0 Å². The first-order valence-corrected chi connectivity index (χ1v) is 9.48. The molecular formula is C25H24N2. The standard InChI is InChI=1S/C25H24N2/c1-4-27-24(21-16-9-6-10-17-21)23(20-14-7-5-8-15-20)26-25(27)22-18(2)12-11-13-19(22)3/h5-17H,4H2,1-3H3. The number of nitrogens with zero attached hydrogens (tertiary/aromatic N) is 2. The second kappa shape index (κ2) is 7.24. The monoisotopic (exact) mass is 352 g/mol. The van der Waals surface area contributed by atoms with E-state index in [4.69, 9.17) is 4.98 Å². The van der Waals surface area contributed by atoms with Crippen molar-refractivity contribution in [3.63, 3.8) is 0 Å². The Morgan fingerprint density at radius 2 is 1.26 bits per heavy atom. The van der Waals surface area contributed by atoms with Crippen molar-refractivity contribution < 1.29 is 0 Å². The molecule has 0 amide bonds. The van der Waals surface area contributed by atoms with Gasteiger partial charge in [0.15, 0.2) is 0 Å². The maximum absolute atomic E-state index is 5.18. The van der Waals surface area contributed by atoms with Crippen molar-refractivity contribution >= 4 is 0 Å². The van der Waals surface area contributed by atoms with Crippen LogP contribution in [0.15, 0.2) is 78.9 Å². The van der Waals surface area contributed by atoms with Crippen molar-refractivity contribution in [2.45, 2.75) is 27.3 Å². The Bertz CT molecular complexity index is 1040. The summed E-state index contributed by atoms with van der Waals surface area (Å²) in [6, 6.07) is 27.5. The molecule has 0 saturated carbocycles. The van der Waals surface area contributed by atoms with E-state index in [2.05, 4.69) is 104 Å². The van der Waals surface area contributed by atoms with Gasteiger partial charge in [-0.3, -0.25) is 0 Å². The van der Waals surface area contributed by atoms with Gasteiger partial charge >= 0.3 is 0 Å². The molecule has 3 aromatic carbocycles. The van der Waals surface area contributed by atoms with E-state index in [9.17, 15) is 0 Å². The number of rotatable bonds is 4. The summed E-state index contributed by atoms with van der Waals surface area (Å²) in [4.78, 5) is 5.18. The van der Waals surface area contributed by atoms with Gasteiger partial charge in [0.05, 0.1) is 11.4 Å². The maximum Gasteiger partial charge on any atom is 0.141 e. The highest BCUT2D eigenvalue weighted by molar-refractivity contribution is 5.83. The number of benzene rings is 3. The van der Waals surface area contributed by atoms with E-state index in [-0.39, 0.29) is 0 Å². The molecule has 134 valence electrons. The Labute approximate surface area is 161 Å². The van der Waals surface area contributed by atoms with Crippen molar-refractivity contribution in [1.29, 1.82) is 0 Å². The van der Waals surface area contributed by atoms with Gasteiger partial charge in [-0.2, -0.15) is 0 Å². The molecule has 0 unspecified atom stereocenters. The number of hydrogen-bond donors (Lipinski definition) is 0. The summed E-state index contributed by atoms with van der Waals surface area (Å²) < 4.78 is 2.35. The van der Waals surface area contributed by atoms with Gasteiger partial charge in [0.1, 0.15) is 5.82 Å². The lowest BCUT2D eigenvalue weighted by atomic mass is 10.0. The summed E-state index contributed by atoms with van der Waals surface area (Å²) in [6.07, 6.45) is 0. The van der Waals surface area contributed by atoms with Crippen LogP contribution in [0.3, 0.4) is 0 Å². The fourth-order valence-corrected chi connectivity index (χ4v) is 3.80. The zero-order valence-electron chi connectivity index (χ0n) is 16.1. The molecule has 0 fully saturated rings. The van der Waals surface area contributed by atoms with Crippen LogP contribution in [0.4, 0.5) is 0 Å². The van der Waals surface area contributed by atoms with Crippen molar-refractivity contribution in [3.05, 3.63) is 90.0 Å². The van der Waals surface area contributed by atoms with Crippen LogP contribution in [0, 0.1) is 13.8 Å². The molecule has 0 aliphatic carbocycles. The van der Waals surface area contributed by atoms with E-state index in [0.717, 1.165) is 23.6 Å². The first kappa shape index (κ1) is 17.3. The first-order chi connectivity index (χ1) is 13.2. The zero-order valence-corrected chi connectivity index (χ0v) is 16.1. The predicted octanol–water partition coefficient (Wildman–Crippen LogP) is 6.52. The van der Waals surface area contributed by atoms with Crippen LogP contribution >= 0.6 is 0 Å². The zero-order chi connectivity index (χ0) is 18.8. The highest BCUT2D eigenvalue weighted by Gasteiger charge is 2.21. The van der Waals surface area contributed by atoms with Gasteiger partial charge in [-0.05, 0) is 31.9 Å². The number of aromatic nitrogens is 2.